The first-order valence-corrected chi connectivity index (χ1v) is 19.8. The quantitative estimate of drug-likeness (QED) is 0.0425. The Balaban J connectivity index is 3.40. The monoisotopic (exact) mass is 623 g/mol. The first-order chi connectivity index (χ1) is 21.7. The minimum atomic E-state index is -0.530. The average Bonchev–Trinajstić information content (AvgIpc) is 3.03. The molecule has 44 heavy (non-hydrogen) atoms. The predicted molar refractivity (Wildman–Crippen MR) is 191 cm³/mol. The fourth-order valence-corrected chi connectivity index (χ4v) is 5.85. The number of hydrogen-bond donors (Lipinski definition) is 1. The second-order valence-corrected chi connectivity index (χ2v) is 13.4. The lowest BCUT2D eigenvalue weighted by molar-refractivity contribution is -0.154. The van der Waals surface area contributed by atoms with Crippen LogP contribution in [-0.2, 0) is 14.3 Å². The van der Waals surface area contributed by atoms with Crippen molar-refractivity contribution in [3.05, 3.63) is 12.2 Å². The number of hydrogen-bond acceptors (Lipinski definition) is 4. The Kier molecular flexibility index (Phi) is 37.6. The molecule has 0 bridgehead atoms. The molecule has 0 aromatic carbocycles. The van der Waals surface area contributed by atoms with Crippen molar-refractivity contribution < 1.29 is 19.4 Å². The average molecular weight is 623 g/mol. The number of aliphatic hydroxyl groups is 1. The van der Waals surface area contributed by atoms with E-state index in [2.05, 4.69) is 26.0 Å². The third-order valence-electron chi connectivity index (χ3n) is 8.84. The summed E-state index contributed by atoms with van der Waals surface area (Å²) in [5.74, 6) is -0.199. The molecule has 1 unspecified atom stereocenters. The van der Waals surface area contributed by atoms with Crippen LogP contribution in [0, 0.1) is 0 Å². The maximum atomic E-state index is 12.2. The van der Waals surface area contributed by atoms with Crippen LogP contribution in [0.4, 0.5) is 0 Å². The van der Waals surface area contributed by atoms with Crippen molar-refractivity contribution in [2.24, 2.45) is 0 Å². The van der Waals surface area contributed by atoms with Crippen molar-refractivity contribution in [1.29, 1.82) is 0 Å². The van der Waals surface area contributed by atoms with Gasteiger partial charge in [-0.1, -0.05) is 180 Å². The zero-order valence-electron chi connectivity index (χ0n) is 29.9. The molecule has 0 saturated carbocycles. The number of allylic oxidation sites excluding steroid dienone is 2. The Morgan fingerprint density at radius 3 is 1.30 bits per heavy atom. The van der Waals surface area contributed by atoms with Gasteiger partial charge in [0.05, 0.1) is 13.2 Å². The van der Waals surface area contributed by atoms with Crippen LogP contribution < -0.4 is 0 Å². The van der Waals surface area contributed by atoms with E-state index in [-0.39, 0.29) is 12.6 Å². The van der Waals surface area contributed by atoms with Crippen LogP contribution in [0.25, 0.3) is 0 Å². The predicted octanol–water partition coefficient (Wildman–Crippen LogP) is 12.6. The molecule has 0 aromatic heterocycles. The number of carbonyl (C=O) groups excluding carboxylic acids is 1. The first kappa shape index (κ1) is 43.1. The molecule has 0 amide bonds. The van der Waals surface area contributed by atoms with Crippen LogP contribution >= 0.6 is 0 Å². The van der Waals surface area contributed by atoms with Crippen molar-refractivity contribution >= 4 is 5.97 Å². The highest BCUT2D eigenvalue weighted by Gasteiger charge is 2.13. The lowest BCUT2D eigenvalue weighted by Gasteiger charge is -2.15. The van der Waals surface area contributed by atoms with Crippen LogP contribution in [0.2, 0.25) is 0 Å². The maximum absolute atomic E-state index is 12.2. The van der Waals surface area contributed by atoms with Crippen LogP contribution in [0.1, 0.15) is 213 Å². The summed E-state index contributed by atoms with van der Waals surface area (Å²) in [5.41, 5.74) is 0. The standard InChI is InChI=1S/C40H78O4/c1-3-5-7-9-11-13-15-17-19-21-23-25-27-29-31-33-35-40(42)44-39(37-41)38-43-36-34-32-30-28-26-24-22-20-18-16-14-12-10-8-6-4-2/h18,20,39,41H,3-17,19,21-38H2,1-2H3/b20-18-. The molecule has 0 saturated heterocycles. The number of unbranched alkanes of at least 4 members (excludes halogenated alkanes) is 27. The second-order valence-electron chi connectivity index (χ2n) is 13.4. The zero-order chi connectivity index (χ0) is 32.0. The van der Waals surface area contributed by atoms with E-state index < -0.39 is 6.10 Å². The molecule has 262 valence electrons. The fraction of sp³-hybridized carbons (Fsp3) is 0.925. The minimum Gasteiger partial charge on any atom is -0.457 e. The van der Waals surface area contributed by atoms with Crippen LogP contribution in [0.5, 0.6) is 0 Å². The van der Waals surface area contributed by atoms with E-state index in [1.165, 1.54) is 173 Å². The van der Waals surface area contributed by atoms with Gasteiger partial charge in [0.1, 0.15) is 6.10 Å². The van der Waals surface area contributed by atoms with Gasteiger partial charge in [0.15, 0.2) is 0 Å². The summed E-state index contributed by atoms with van der Waals surface area (Å²) in [6.45, 7) is 5.36. The van der Waals surface area contributed by atoms with Gasteiger partial charge in [0.25, 0.3) is 0 Å². The minimum absolute atomic E-state index is 0.169. The summed E-state index contributed by atoms with van der Waals surface area (Å²) in [4.78, 5) is 12.2. The van der Waals surface area contributed by atoms with Crippen molar-refractivity contribution in [2.45, 2.75) is 219 Å². The SMILES string of the molecule is CCCCCCCC/C=C\CCCCCCCCOCC(CO)OC(=O)CCCCCCCCCCCCCCCCCC. The Morgan fingerprint density at radius 2 is 0.886 bits per heavy atom. The molecule has 0 spiro atoms. The summed E-state index contributed by atoms with van der Waals surface area (Å²) >= 11 is 0. The molecule has 1 N–H and O–H groups in total. The van der Waals surface area contributed by atoms with Crippen molar-refractivity contribution in [2.75, 3.05) is 19.8 Å². The third-order valence-corrected chi connectivity index (χ3v) is 8.84. The smallest absolute Gasteiger partial charge is 0.306 e. The molecule has 0 fully saturated rings. The molecule has 0 aliphatic heterocycles. The van der Waals surface area contributed by atoms with Crippen LogP contribution in [0.15, 0.2) is 12.2 Å². The van der Waals surface area contributed by atoms with E-state index in [4.69, 9.17) is 9.47 Å². The van der Waals surface area contributed by atoms with Crippen molar-refractivity contribution in [1.82, 2.24) is 0 Å². The zero-order valence-corrected chi connectivity index (χ0v) is 29.9. The summed E-state index contributed by atoms with van der Waals surface area (Å²) in [6.07, 6.45) is 44.0. The fourth-order valence-electron chi connectivity index (χ4n) is 5.85. The number of rotatable bonds is 37. The Labute approximate surface area is 275 Å². The molecule has 4 heteroatoms. The maximum Gasteiger partial charge on any atom is 0.306 e. The number of ether oxygens (including phenoxy) is 2. The number of carbonyl (C=O) groups is 1. The molecule has 0 aliphatic rings. The van der Waals surface area contributed by atoms with Crippen LogP contribution in [-0.4, -0.2) is 37.0 Å². The molecule has 0 radical (unpaired) electrons. The molecular formula is C40H78O4. The second kappa shape index (κ2) is 38.3. The molecule has 0 aliphatic carbocycles. The van der Waals surface area contributed by atoms with Crippen LogP contribution in [0.3, 0.4) is 0 Å². The normalized spacial score (nSPS) is 12.3. The number of aliphatic hydroxyl groups excluding tert-OH is 1. The van der Waals surface area contributed by atoms with E-state index in [0.29, 0.717) is 19.6 Å². The summed E-state index contributed by atoms with van der Waals surface area (Å²) in [5, 5.41) is 9.57. The molecular weight excluding hydrogens is 544 g/mol. The van der Waals surface area contributed by atoms with E-state index in [1.807, 2.05) is 0 Å². The largest absolute Gasteiger partial charge is 0.457 e. The van der Waals surface area contributed by atoms with Gasteiger partial charge in [-0.25, -0.2) is 0 Å². The third kappa shape index (κ3) is 35.6. The molecule has 0 heterocycles. The van der Waals surface area contributed by atoms with Gasteiger partial charge < -0.3 is 14.6 Å². The van der Waals surface area contributed by atoms with Gasteiger partial charge in [0, 0.05) is 13.0 Å². The Hall–Kier alpha value is -0.870. The van der Waals surface area contributed by atoms with Gasteiger partial charge in [-0.15, -0.1) is 0 Å². The van der Waals surface area contributed by atoms with E-state index in [1.54, 1.807) is 0 Å². The number of esters is 1. The Morgan fingerprint density at radius 1 is 0.523 bits per heavy atom. The Bertz CT molecular complexity index is 576. The molecule has 0 rings (SSSR count). The molecule has 0 aromatic rings. The summed E-state index contributed by atoms with van der Waals surface area (Å²) in [6, 6.07) is 0. The van der Waals surface area contributed by atoms with E-state index >= 15 is 0 Å². The lowest BCUT2D eigenvalue weighted by Crippen LogP contribution is -2.27. The lowest BCUT2D eigenvalue weighted by atomic mass is 10.0. The highest BCUT2D eigenvalue weighted by molar-refractivity contribution is 5.69. The molecule has 1 atom stereocenters. The van der Waals surface area contributed by atoms with Gasteiger partial charge in [-0.2, -0.15) is 0 Å². The van der Waals surface area contributed by atoms with Gasteiger partial charge in [0.2, 0.25) is 0 Å². The van der Waals surface area contributed by atoms with E-state index in [9.17, 15) is 9.90 Å². The van der Waals surface area contributed by atoms with Crippen molar-refractivity contribution in [3.63, 3.8) is 0 Å². The summed E-state index contributed by atoms with van der Waals surface area (Å²) < 4.78 is 11.1. The van der Waals surface area contributed by atoms with E-state index in [0.717, 1.165) is 19.3 Å². The van der Waals surface area contributed by atoms with Gasteiger partial charge in [-0.3, -0.25) is 4.79 Å². The summed E-state index contributed by atoms with van der Waals surface area (Å²) in [7, 11) is 0. The first-order valence-electron chi connectivity index (χ1n) is 19.8. The van der Waals surface area contributed by atoms with Crippen molar-refractivity contribution in [3.8, 4) is 0 Å². The highest BCUT2D eigenvalue weighted by Crippen LogP contribution is 2.15. The van der Waals surface area contributed by atoms with Gasteiger partial charge >= 0.3 is 5.97 Å². The highest BCUT2D eigenvalue weighted by atomic mass is 16.6. The topological polar surface area (TPSA) is 55.8 Å². The molecule has 4 nitrogen and oxygen atoms in total. The van der Waals surface area contributed by atoms with Gasteiger partial charge in [-0.05, 0) is 38.5 Å².